The van der Waals surface area contributed by atoms with Crippen LogP contribution in [0.15, 0.2) is 77.8 Å². The smallest absolute Gasteiger partial charge is 0.230 e. The van der Waals surface area contributed by atoms with Gasteiger partial charge < -0.3 is 10.0 Å². The maximum atomic E-state index is 13.3. The third-order valence-corrected chi connectivity index (χ3v) is 8.31. The van der Waals surface area contributed by atoms with Crippen molar-refractivity contribution in [3.63, 3.8) is 0 Å². The summed E-state index contributed by atoms with van der Waals surface area (Å²) in [7, 11) is -2.91. The Morgan fingerprint density at radius 2 is 1.76 bits per heavy atom. The number of hydrogen-bond acceptors (Lipinski definition) is 5. The number of hydrogen-bond donors (Lipinski definition) is 3. The Bertz CT molecular complexity index is 1330. The second-order valence-electron chi connectivity index (χ2n) is 7.58. The van der Waals surface area contributed by atoms with Crippen molar-refractivity contribution in [3.05, 3.63) is 89.3 Å². The molecule has 170 valence electrons. The second kappa shape index (κ2) is 9.82. The third kappa shape index (κ3) is 5.65. The predicted molar refractivity (Wildman–Crippen MR) is 138 cm³/mol. The van der Waals surface area contributed by atoms with Crippen LogP contribution in [0.4, 0.5) is 10.8 Å². The molecular formula is C24H23ClN4O2S2. The molecule has 4 aromatic rings. The number of halogens is 1. The molecule has 2 N–H and O–H groups in total. The molecule has 2 heterocycles. The van der Waals surface area contributed by atoms with E-state index in [4.69, 9.17) is 11.6 Å². The lowest BCUT2D eigenvalue weighted by Crippen LogP contribution is -2.21. The SMILES string of the molecule is Cc1nc(NC(=O)Cc2ccccc2)sc1-c1cnc(Cl)c(N[SH](C)(=O)c2ccccc2)c1. The van der Waals surface area contributed by atoms with E-state index < -0.39 is 10.1 Å². The summed E-state index contributed by atoms with van der Waals surface area (Å²) in [5.41, 5.74) is 2.94. The number of carbonyl (C=O) groups excluding carboxylic acids is 1. The van der Waals surface area contributed by atoms with Crippen LogP contribution >= 0.6 is 22.9 Å². The number of rotatable bonds is 7. The molecule has 0 atom stereocenters. The number of benzene rings is 2. The minimum absolute atomic E-state index is 0.132. The van der Waals surface area contributed by atoms with Gasteiger partial charge in [0.1, 0.15) is 0 Å². The highest BCUT2D eigenvalue weighted by atomic mass is 35.5. The standard InChI is InChI=1S/C24H23ClN4O2S2/c1-16-22(32-24(27-16)28-21(30)13-17-9-5-3-6-10-17)18-14-20(23(25)26-15-18)29-33(2,31)19-11-7-4-8-12-19/h3-12,14-15,33H,13H2,1-2H3,(H,29,31)(H,27,28,30). The molecule has 0 aliphatic rings. The van der Waals surface area contributed by atoms with Crippen LogP contribution in [0.5, 0.6) is 0 Å². The number of amides is 1. The molecule has 0 bridgehead atoms. The summed E-state index contributed by atoms with van der Waals surface area (Å²) in [4.78, 5) is 22.7. The van der Waals surface area contributed by atoms with Crippen LogP contribution in [0.1, 0.15) is 11.3 Å². The Hall–Kier alpha value is -3.07. The molecule has 4 rings (SSSR count). The van der Waals surface area contributed by atoms with Gasteiger partial charge in [-0.1, -0.05) is 71.5 Å². The van der Waals surface area contributed by atoms with Crippen molar-refractivity contribution < 1.29 is 9.00 Å². The first-order valence-corrected chi connectivity index (χ1v) is 13.6. The lowest BCUT2D eigenvalue weighted by Gasteiger charge is -2.23. The average molecular weight is 499 g/mol. The Morgan fingerprint density at radius 3 is 2.45 bits per heavy atom. The van der Waals surface area contributed by atoms with Gasteiger partial charge in [0, 0.05) is 22.9 Å². The normalized spacial score (nSPS) is 11.7. The maximum absolute atomic E-state index is 13.3. The molecule has 0 saturated heterocycles. The van der Waals surface area contributed by atoms with Gasteiger partial charge >= 0.3 is 0 Å². The van der Waals surface area contributed by atoms with Crippen molar-refractivity contribution >= 4 is 49.8 Å². The number of thiazole rings is 1. The zero-order valence-corrected chi connectivity index (χ0v) is 20.5. The molecule has 0 radical (unpaired) electrons. The van der Waals surface area contributed by atoms with E-state index in [0.29, 0.717) is 15.7 Å². The topological polar surface area (TPSA) is 84.0 Å². The summed E-state index contributed by atoms with van der Waals surface area (Å²) >= 11 is 7.66. The Kier molecular flexibility index (Phi) is 6.88. The maximum Gasteiger partial charge on any atom is 0.230 e. The van der Waals surface area contributed by atoms with E-state index >= 15 is 0 Å². The van der Waals surface area contributed by atoms with Crippen molar-refractivity contribution in [3.8, 4) is 10.4 Å². The fourth-order valence-electron chi connectivity index (χ4n) is 3.32. The lowest BCUT2D eigenvalue weighted by atomic mass is 10.1. The summed E-state index contributed by atoms with van der Waals surface area (Å²) in [5, 5.41) is 3.61. The summed E-state index contributed by atoms with van der Waals surface area (Å²) in [6, 6.07) is 20.6. The molecule has 2 aromatic carbocycles. The fourth-order valence-corrected chi connectivity index (χ4v) is 6.00. The zero-order valence-electron chi connectivity index (χ0n) is 18.1. The number of carbonyl (C=O) groups is 1. The van der Waals surface area contributed by atoms with Crippen molar-refractivity contribution in [1.29, 1.82) is 0 Å². The van der Waals surface area contributed by atoms with E-state index in [0.717, 1.165) is 21.7 Å². The Labute approximate surface area is 202 Å². The van der Waals surface area contributed by atoms with E-state index in [-0.39, 0.29) is 17.5 Å². The fraction of sp³-hybridized carbons (Fsp3) is 0.125. The van der Waals surface area contributed by atoms with Gasteiger partial charge in [-0.2, -0.15) is 0 Å². The molecule has 6 nitrogen and oxygen atoms in total. The van der Waals surface area contributed by atoms with Crippen LogP contribution in [0.3, 0.4) is 0 Å². The predicted octanol–water partition coefficient (Wildman–Crippen LogP) is 5.38. The highest BCUT2D eigenvalue weighted by Gasteiger charge is 2.17. The zero-order chi connectivity index (χ0) is 23.4. The van der Waals surface area contributed by atoms with Gasteiger partial charge in [0.15, 0.2) is 10.3 Å². The highest BCUT2D eigenvalue weighted by Crippen LogP contribution is 2.36. The number of nitrogens with zero attached hydrogens (tertiary/aromatic N) is 2. The minimum atomic E-state index is -2.91. The molecular weight excluding hydrogens is 476 g/mol. The number of nitrogens with one attached hydrogen (secondary N) is 2. The largest absolute Gasteiger partial charge is 0.321 e. The van der Waals surface area contributed by atoms with E-state index in [1.165, 1.54) is 11.3 Å². The molecule has 0 fully saturated rings. The first-order chi connectivity index (χ1) is 15.8. The van der Waals surface area contributed by atoms with Crippen LogP contribution in [-0.2, 0) is 21.3 Å². The first-order valence-electron chi connectivity index (χ1n) is 10.2. The summed E-state index contributed by atoms with van der Waals surface area (Å²) < 4.78 is 16.3. The van der Waals surface area contributed by atoms with Crippen LogP contribution in [-0.4, -0.2) is 26.3 Å². The van der Waals surface area contributed by atoms with Crippen molar-refractivity contribution in [1.82, 2.24) is 9.97 Å². The Morgan fingerprint density at radius 1 is 1.09 bits per heavy atom. The van der Waals surface area contributed by atoms with Gasteiger partial charge in [-0.25, -0.2) is 9.97 Å². The first kappa shape index (κ1) is 23.1. The van der Waals surface area contributed by atoms with Gasteiger partial charge in [-0.15, -0.1) is 0 Å². The van der Waals surface area contributed by atoms with E-state index in [1.807, 2.05) is 73.7 Å². The molecule has 0 saturated carbocycles. The molecule has 0 aliphatic heterocycles. The molecule has 33 heavy (non-hydrogen) atoms. The van der Waals surface area contributed by atoms with Gasteiger partial charge in [0.05, 0.1) is 22.7 Å². The summed E-state index contributed by atoms with van der Waals surface area (Å²) in [6.45, 7) is 1.87. The number of aromatic nitrogens is 2. The monoisotopic (exact) mass is 498 g/mol. The lowest BCUT2D eigenvalue weighted by molar-refractivity contribution is -0.115. The van der Waals surface area contributed by atoms with Crippen molar-refractivity contribution in [2.24, 2.45) is 0 Å². The molecule has 0 aliphatic carbocycles. The number of aryl methyl sites for hydroxylation is 1. The number of thiol groups is 1. The van der Waals surface area contributed by atoms with Crippen LogP contribution in [0.2, 0.25) is 5.15 Å². The minimum Gasteiger partial charge on any atom is -0.321 e. The molecule has 0 spiro atoms. The van der Waals surface area contributed by atoms with Crippen molar-refractivity contribution in [2.45, 2.75) is 18.2 Å². The van der Waals surface area contributed by atoms with Gasteiger partial charge in [0.25, 0.3) is 0 Å². The molecule has 9 heteroatoms. The van der Waals surface area contributed by atoms with Crippen LogP contribution < -0.4 is 10.0 Å². The second-order valence-corrected chi connectivity index (χ2v) is 11.5. The quantitative estimate of drug-likeness (QED) is 0.236. The van der Waals surface area contributed by atoms with E-state index in [9.17, 15) is 9.00 Å². The molecule has 2 aromatic heterocycles. The van der Waals surface area contributed by atoms with E-state index in [1.54, 1.807) is 12.5 Å². The Balaban J connectivity index is 1.54. The molecule has 1 amide bonds. The summed E-state index contributed by atoms with van der Waals surface area (Å²) in [5.74, 6) is -0.132. The van der Waals surface area contributed by atoms with Crippen LogP contribution in [0.25, 0.3) is 10.4 Å². The van der Waals surface area contributed by atoms with Gasteiger partial charge in [-0.3, -0.25) is 9.00 Å². The van der Waals surface area contributed by atoms with Crippen LogP contribution in [0, 0.1) is 6.92 Å². The van der Waals surface area contributed by atoms with Gasteiger partial charge in [-0.05, 0) is 40.8 Å². The number of anilines is 2. The summed E-state index contributed by atoms with van der Waals surface area (Å²) in [6.07, 6.45) is 3.58. The average Bonchev–Trinajstić information content (AvgIpc) is 3.16. The van der Waals surface area contributed by atoms with Crippen molar-refractivity contribution in [2.75, 3.05) is 16.3 Å². The highest BCUT2D eigenvalue weighted by molar-refractivity contribution is 8.03. The third-order valence-electron chi connectivity index (χ3n) is 4.93. The van der Waals surface area contributed by atoms with E-state index in [2.05, 4.69) is 20.0 Å². The molecule has 0 unspecified atom stereocenters. The number of pyridine rings is 1. The van der Waals surface area contributed by atoms with Gasteiger partial charge in [0.2, 0.25) is 5.91 Å².